The number of nitrogens with zero attached hydrogens (tertiary/aromatic N) is 1. The zero-order valence-electron chi connectivity index (χ0n) is 10.3. The lowest BCUT2D eigenvalue weighted by atomic mass is 10.2. The van der Waals surface area contributed by atoms with E-state index in [4.69, 9.17) is 9.84 Å². The van der Waals surface area contributed by atoms with E-state index in [1.165, 1.54) is 16.7 Å². The van der Waals surface area contributed by atoms with Crippen molar-refractivity contribution in [2.45, 2.75) is 11.9 Å². The minimum atomic E-state index is -0.884. The molecule has 1 aliphatic heterocycles. The Bertz CT molecular complexity index is 451. The van der Waals surface area contributed by atoms with Crippen LogP contribution in [0.25, 0.3) is 0 Å². The molecule has 6 heteroatoms. The van der Waals surface area contributed by atoms with Crippen molar-refractivity contribution in [3.8, 4) is 0 Å². The zero-order chi connectivity index (χ0) is 13.7. The molecule has 0 aromatic heterocycles. The lowest BCUT2D eigenvalue weighted by Crippen LogP contribution is -2.44. The van der Waals surface area contributed by atoms with Gasteiger partial charge in [-0.15, -0.1) is 11.8 Å². The third-order valence-corrected chi connectivity index (χ3v) is 3.98. The maximum atomic E-state index is 11.8. The molecular formula is C13H15NO4S. The van der Waals surface area contributed by atoms with Gasteiger partial charge in [-0.25, -0.2) is 4.79 Å². The lowest BCUT2D eigenvalue weighted by molar-refractivity contribution is -0.136. The molecule has 19 heavy (non-hydrogen) atoms. The van der Waals surface area contributed by atoms with Gasteiger partial charge in [0.2, 0.25) is 0 Å². The standard InChI is InChI=1S/C13H15NO4S/c15-12(16)11-8-14(6-7-19-11)13(17)18-9-10-4-2-1-3-5-10/h1-5,11H,6-9H2,(H,15,16). The monoisotopic (exact) mass is 281 g/mol. The first-order valence-corrected chi connectivity index (χ1v) is 7.02. The molecule has 1 N–H and O–H groups in total. The number of hydrogen-bond acceptors (Lipinski definition) is 4. The molecule has 0 aliphatic carbocycles. The Labute approximate surface area is 115 Å². The summed E-state index contributed by atoms with van der Waals surface area (Å²) in [6.07, 6.45) is -0.449. The zero-order valence-corrected chi connectivity index (χ0v) is 11.1. The van der Waals surface area contributed by atoms with E-state index >= 15 is 0 Å². The second kappa shape index (κ2) is 6.47. The Morgan fingerprint density at radius 2 is 2.11 bits per heavy atom. The number of ether oxygens (including phenoxy) is 1. The quantitative estimate of drug-likeness (QED) is 0.915. The van der Waals surface area contributed by atoms with Gasteiger partial charge < -0.3 is 14.7 Å². The summed E-state index contributed by atoms with van der Waals surface area (Å²) < 4.78 is 5.18. The number of carbonyl (C=O) groups excluding carboxylic acids is 1. The van der Waals surface area contributed by atoms with E-state index in [1.54, 1.807) is 0 Å². The van der Waals surface area contributed by atoms with E-state index in [0.29, 0.717) is 12.3 Å². The maximum absolute atomic E-state index is 11.8. The van der Waals surface area contributed by atoms with Gasteiger partial charge in [0.1, 0.15) is 11.9 Å². The van der Waals surface area contributed by atoms with Crippen molar-refractivity contribution in [1.29, 1.82) is 0 Å². The average Bonchev–Trinajstić information content (AvgIpc) is 2.46. The Balaban J connectivity index is 1.84. The fourth-order valence-electron chi connectivity index (χ4n) is 1.78. The topological polar surface area (TPSA) is 66.8 Å². The van der Waals surface area contributed by atoms with E-state index < -0.39 is 17.3 Å². The van der Waals surface area contributed by atoms with Crippen LogP contribution in [0.1, 0.15) is 5.56 Å². The second-order valence-electron chi connectivity index (χ2n) is 4.18. The number of amides is 1. The van der Waals surface area contributed by atoms with Crippen molar-refractivity contribution in [2.24, 2.45) is 0 Å². The van der Waals surface area contributed by atoms with E-state index in [0.717, 1.165) is 5.56 Å². The van der Waals surface area contributed by atoms with Gasteiger partial charge in [0, 0.05) is 18.8 Å². The van der Waals surface area contributed by atoms with Crippen molar-refractivity contribution >= 4 is 23.8 Å². The van der Waals surface area contributed by atoms with Crippen molar-refractivity contribution in [3.05, 3.63) is 35.9 Å². The summed E-state index contributed by atoms with van der Waals surface area (Å²) in [5.74, 6) is -0.261. The van der Waals surface area contributed by atoms with Crippen LogP contribution in [0.2, 0.25) is 0 Å². The molecule has 1 heterocycles. The molecule has 1 atom stereocenters. The number of carboxylic acids is 1. The highest BCUT2D eigenvalue weighted by Gasteiger charge is 2.29. The number of aliphatic carboxylic acids is 1. The van der Waals surface area contributed by atoms with Gasteiger partial charge in [-0.2, -0.15) is 0 Å². The van der Waals surface area contributed by atoms with Crippen LogP contribution in [0.4, 0.5) is 4.79 Å². The van der Waals surface area contributed by atoms with Gasteiger partial charge in [-0.3, -0.25) is 4.79 Å². The molecule has 102 valence electrons. The van der Waals surface area contributed by atoms with Gasteiger partial charge in [0.05, 0.1) is 0 Å². The largest absolute Gasteiger partial charge is 0.480 e. The van der Waals surface area contributed by atoms with Crippen LogP contribution in [0, 0.1) is 0 Å². The normalized spacial score (nSPS) is 18.9. The highest BCUT2D eigenvalue weighted by molar-refractivity contribution is 8.00. The van der Waals surface area contributed by atoms with E-state index in [1.807, 2.05) is 30.3 Å². The minimum absolute atomic E-state index is 0.202. The fraction of sp³-hybridized carbons (Fsp3) is 0.385. The lowest BCUT2D eigenvalue weighted by Gasteiger charge is -2.29. The van der Waals surface area contributed by atoms with Crippen LogP contribution in [-0.4, -0.2) is 46.2 Å². The molecule has 1 amide bonds. The van der Waals surface area contributed by atoms with Crippen molar-refractivity contribution in [2.75, 3.05) is 18.8 Å². The van der Waals surface area contributed by atoms with E-state index in [-0.39, 0.29) is 13.2 Å². The molecule has 1 aromatic rings. The van der Waals surface area contributed by atoms with Crippen molar-refractivity contribution in [3.63, 3.8) is 0 Å². The molecule has 0 spiro atoms. The Morgan fingerprint density at radius 3 is 2.79 bits per heavy atom. The number of hydrogen-bond donors (Lipinski definition) is 1. The smallest absolute Gasteiger partial charge is 0.410 e. The fourth-order valence-corrected chi connectivity index (χ4v) is 2.81. The predicted molar refractivity (Wildman–Crippen MR) is 72.1 cm³/mol. The van der Waals surface area contributed by atoms with Gasteiger partial charge in [-0.05, 0) is 5.56 Å². The molecule has 0 radical (unpaired) electrons. The van der Waals surface area contributed by atoms with Crippen LogP contribution >= 0.6 is 11.8 Å². The summed E-state index contributed by atoms with van der Waals surface area (Å²) in [4.78, 5) is 24.2. The molecule has 1 aliphatic rings. The van der Waals surface area contributed by atoms with Crippen LogP contribution in [0.5, 0.6) is 0 Å². The first-order valence-electron chi connectivity index (χ1n) is 5.97. The summed E-state index contributed by atoms with van der Waals surface area (Å²) >= 11 is 1.36. The van der Waals surface area contributed by atoms with Gasteiger partial charge in [-0.1, -0.05) is 30.3 Å². The number of carbonyl (C=O) groups is 2. The molecule has 0 saturated carbocycles. The number of rotatable bonds is 3. The minimum Gasteiger partial charge on any atom is -0.480 e. The summed E-state index contributed by atoms with van der Waals surface area (Å²) in [7, 11) is 0. The van der Waals surface area contributed by atoms with Gasteiger partial charge in [0.15, 0.2) is 0 Å². The van der Waals surface area contributed by atoms with Crippen molar-refractivity contribution in [1.82, 2.24) is 4.90 Å². The third kappa shape index (κ3) is 3.89. The average molecular weight is 281 g/mol. The number of thioether (sulfide) groups is 1. The molecule has 1 fully saturated rings. The Kier molecular flexibility index (Phi) is 4.68. The van der Waals surface area contributed by atoms with Crippen LogP contribution in [0.15, 0.2) is 30.3 Å². The molecule has 5 nitrogen and oxygen atoms in total. The Hall–Kier alpha value is -1.69. The Morgan fingerprint density at radius 1 is 1.37 bits per heavy atom. The molecule has 2 rings (SSSR count). The molecule has 1 unspecified atom stereocenters. The van der Waals surface area contributed by atoms with Crippen LogP contribution in [0.3, 0.4) is 0 Å². The van der Waals surface area contributed by atoms with E-state index in [2.05, 4.69) is 0 Å². The SMILES string of the molecule is O=C(O)C1CN(C(=O)OCc2ccccc2)CCS1. The molecule has 1 saturated heterocycles. The maximum Gasteiger partial charge on any atom is 0.410 e. The first-order chi connectivity index (χ1) is 9.16. The van der Waals surface area contributed by atoms with E-state index in [9.17, 15) is 9.59 Å². The van der Waals surface area contributed by atoms with Crippen LogP contribution in [-0.2, 0) is 16.1 Å². The van der Waals surface area contributed by atoms with Crippen molar-refractivity contribution < 1.29 is 19.4 Å². The second-order valence-corrected chi connectivity index (χ2v) is 5.49. The highest BCUT2D eigenvalue weighted by Crippen LogP contribution is 2.19. The number of carboxylic acid groups (broad SMARTS) is 1. The summed E-state index contributed by atoms with van der Waals surface area (Å²) in [6.45, 7) is 0.941. The summed E-state index contributed by atoms with van der Waals surface area (Å²) in [5.41, 5.74) is 0.914. The highest BCUT2D eigenvalue weighted by atomic mass is 32.2. The molecule has 0 bridgehead atoms. The van der Waals surface area contributed by atoms with Gasteiger partial charge >= 0.3 is 12.1 Å². The van der Waals surface area contributed by atoms with Gasteiger partial charge in [0.25, 0.3) is 0 Å². The molecule has 1 aromatic carbocycles. The first kappa shape index (κ1) is 13.7. The summed E-state index contributed by atoms with van der Waals surface area (Å²) in [5, 5.41) is 8.39. The van der Waals surface area contributed by atoms with Crippen LogP contribution < -0.4 is 0 Å². The third-order valence-electron chi connectivity index (χ3n) is 2.81. The molecular weight excluding hydrogens is 266 g/mol. The number of benzene rings is 1. The summed E-state index contributed by atoms with van der Waals surface area (Å²) in [6, 6.07) is 9.39. The predicted octanol–water partition coefficient (Wildman–Crippen LogP) is 1.83.